The molecule has 0 unspecified atom stereocenters. The summed E-state index contributed by atoms with van der Waals surface area (Å²) in [6.45, 7) is 5.23. The first-order valence-corrected chi connectivity index (χ1v) is 6.63. The van der Waals surface area contributed by atoms with Crippen molar-refractivity contribution >= 4 is 6.21 Å². The third-order valence-corrected chi connectivity index (χ3v) is 3.20. The number of aromatic amines is 2. The first kappa shape index (κ1) is 14.5. The molecule has 110 valence electrons. The number of aromatic nitrogens is 2. The Bertz CT molecular complexity index is 572. The molecule has 8 nitrogen and oxygen atoms in total. The standard InChI is InChI=1S/C12H18N4O4/c17-10-9(11(18)15-12(19)14-10)8-13-2-1-3-16-4-6-20-7-5-16/h8H,1-7H2,(H3,14,15,17,18,19)/p+1. The van der Waals surface area contributed by atoms with Gasteiger partial charge in [0.15, 0.2) is 0 Å². The molecule has 1 aliphatic rings. The van der Waals surface area contributed by atoms with Crippen LogP contribution in [0.4, 0.5) is 0 Å². The van der Waals surface area contributed by atoms with Gasteiger partial charge in [0.25, 0.3) is 5.56 Å². The van der Waals surface area contributed by atoms with Crippen LogP contribution >= 0.6 is 0 Å². The molecule has 0 amide bonds. The van der Waals surface area contributed by atoms with E-state index in [2.05, 4.69) is 9.98 Å². The predicted molar refractivity (Wildman–Crippen MR) is 72.8 cm³/mol. The molecule has 1 aliphatic heterocycles. The highest BCUT2D eigenvalue weighted by Gasteiger charge is 2.12. The van der Waals surface area contributed by atoms with Gasteiger partial charge in [0.1, 0.15) is 18.7 Å². The average molecular weight is 283 g/mol. The molecule has 8 heteroatoms. The van der Waals surface area contributed by atoms with Crippen LogP contribution in [0.5, 0.6) is 5.88 Å². The molecule has 0 aromatic carbocycles. The van der Waals surface area contributed by atoms with E-state index in [-0.39, 0.29) is 5.56 Å². The van der Waals surface area contributed by atoms with E-state index in [4.69, 9.17) is 4.74 Å². The zero-order valence-corrected chi connectivity index (χ0v) is 11.1. The number of nitrogens with one attached hydrogen (secondary N) is 3. The van der Waals surface area contributed by atoms with Gasteiger partial charge in [-0.05, 0) is 0 Å². The van der Waals surface area contributed by atoms with E-state index in [1.165, 1.54) is 11.1 Å². The van der Waals surface area contributed by atoms with Crippen LogP contribution in [0.2, 0.25) is 0 Å². The maximum Gasteiger partial charge on any atom is 0.328 e. The number of hydrogen-bond acceptors (Lipinski definition) is 5. The Morgan fingerprint density at radius 1 is 1.30 bits per heavy atom. The van der Waals surface area contributed by atoms with Gasteiger partial charge in [0, 0.05) is 19.2 Å². The van der Waals surface area contributed by atoms with Crippen molar-refractivity contribution in [2.24, 2.45) is 4.99 Å². The first-order chi connectivity index (χ1) is 9.66. The van der Waals surface area contributed by atoms with Gasteiger partial charge in [0.2, 0.25) is 5.88 Å². The molecule has 0 radical (unpaired) electrons. The number of H-pyrrole nitrogens is 2. The summed E-state index contributed by atoms with van der Waals surface area (Å²) >= 11 is 0. The molecule has 20 heavy (non-hydrogen) atoms. The van der Waals surface area contributed by atoms with Crippen molar-refractivity contribution in [1.82, 2.24) is 9.97 Å². The monoisotopic (exact) mass is 283 g/mol. The summed E-state index contributed by atoms with van der Waals surface area (Å²) in [4.78, 5) is 32.1. The molecule has 1 saturated heterocycles. The molecule has 1 aromatic rings. The highest BCUT2D eigenvalue weighted by molar-refractivity contribution is 5.81. The lowest BCUT2D eigenvalue weighted by Crippen LogP contribution is -3.14. The van der Waals surface area contributed by atoms with Crippen LogP contribution in [0.15, 0.2) is 14.6 Å². The molecule has 0 atom stereocenters. The summed E-state index contributed by atoms with van der Waals surface area (Å²) in [5.41, 5.74) is -1.40. The van der Waals surface area contributed by atoms with Gasteiger partial charge in [-0.25, -0.2) is 4.79 Å². The number of nitrogens with zero attached hydrogens (tertiary/aromatic N) is 1. The van der Waals surface area contributed by atoms with Crippen molar-refractivity contribution in [2.75, 3.05) is 39.4 Å². The van der Waals surface area contributed by atoms with E-state index in [1.54, 1.807) is 0 Å². The van der Waals surface area contributed by atoms with Gasteiger partial charge >= 0.3 is 5.69 Å². The number of aliphatic imine (C=N–C) groups is 1. The van der Waals surface area contributed by atoms with E-state index in [0.717, 1.165) is 39.3 Å². The quantitative estimate of drug-likeness (QED) is 0.353. The van der Waals surface area contributed by atoms with Crippen LogP contribution in [0, 0.1) is 0 Å². The lowest BCUT2D eigenvalue weighted by atomic mass is 10.3. The third kappa shape index (κ3) is 4.04. The van der Waals surface area contributed by atoms with Crippen LogP contribution in [0.25, 0.3) is 0 Å². The van der Waals surface area contributed by atoms with Crippen LogP contribution < -0.4 is 16.1 Å². The maximum absolute atomic E-state index is 11.4. The van der Waals surface area contributed by atoms with Gasteiger partial charge in [-0.1, -0.05) is 0 Å². The van der Waals surface area contributed by atoms with Gasteiger partial charge in [-0.3, -0.25) is 19.8 Å². The van der Waals surface area contributed by atoms with Crippen molar-refractivity contribution in [1.29, 1.82) is 0 Å². The summed E-state index contributed by atoms with van der Waals surface area (Å²) in [6.07, 6.45) is 2.19. The summed E-state index contributed by atoms with van der Waals surface area (Å²) in [5.74, 6) is -0.457. The van der Waals surface area contributed by atoms with Crippen LogP contribution in [-0.4, -0.2) is 60.7 Å². The second-order valence-electron chi connectivity index (χ2n) is 4.67. The third-order valence-electron chi connectivity index (χ3n) is 3.20. The first-order valence-electron chi connectivity index (χ1n) is 6.63. The molecule has 0 aliphatic carbocycles. The molecule has 1 aromatic heterocycles. The van der Waals surface area contributed by atoms with E-state index in [1.807, 2.05) is 4.98 Å². The number of aromatic hydroxyl groups is 1. The van der Waals surface area contributed by atoms with Gasteiger partial charge in [-0.15, -0.1) is 0 Å². The van der Waals surface area contributed by atoms with Gasteiger partial charge in [-0.2, -0.15) is 0 Å². The average Bonchev–Trinajstić information content (AvgIpc) is 2.42. The van der Waals surface area contributed by atoms with E-state index < -0.39 is 17.1 Å². The van der Waals surface area contributed by atoms with E-state index >= 15 is 0 Å². The van der Waals surface area contributed by atoms with Gasteiger partial charge in [0.05, 0.1) is 19.8 Å². The smallest absolute Gasteiger partial charge is 0.328 e. The normalized spacial score (nSPS) is 16.8. The Morgan fingerprint density at radius 2 is 2.05 bits per heavy atom. The Labute approximate surface area is 115 Å². The molecule has 1 fully saturated rings. The van der Waals surface area contributed by atoms with Crippen molar-refractivity contribution in [3.05, 3.63) is 26.4 Å². The van der Waals surface area contributed by atoms with Crippen molar-refractivity contribution in [3.63, 3.8) is 0 Å². The summed E-state index contributed by atoms with van der Waals surface area (Å²) in [5, 5.41) is 9.45. The summed E-state index contributed by atoms with van der Waals surface area (Å²) in [7, 11) is 0. The molecular formula is C12H19N4O4+. The fourth-order valence-electron chi connectivity index (χ4n) is 2.09. The van der Waals surface area contributed by atoms with Gasteiger partial charge < -0.3 is 14.7 Å². The lowest BCUT2D eigenvalue weighted by molar-refractivity contribution is -0.908. The van der Waals surface area contributed by atoms with E-state index in [0.29, 0.717) is 6.54 Å². The summed E-state index contributed by atoms with van der Waals surface area (Å²) in [6, 6.07) is 0. The number of morpholine rings is 1. The van der Waals surface area contributed by atoms with Crippen molar-refractivity contribution in [3.8, 4) is 5.88 Å². The topological polar surface area (TPSA) is 112 Å². The van der Waals surface area contributed by atoms with Crippen LogP contribution in [-0.2, 0) is 4.74 Å². The summed E-state index contributed by atoms with van der Waals surface area (Å²) < 4.78 is 5.28. The fourth-order valence-corrected chi connectivity index (χ4v) is 2.09. The molecule has 2 heterocycles. The SMILES string of the molecule is O=c1[nH]c(O)c(C=NCCC[NH+]2CCOCC2)c(=O)[nH]1. The van der Waals surface area contributed by atoms with Crippen molar-refractivity contribution < 1.29 is 14.7 Å². The van der Waals surface area contributed by atoms with Crippen molar-refractivity contribution in [2.45, 2.75) is 6.42 Å². The molecule has 0 spiro atoms. The fraction of sp³-hybridized carbons (Fsp3) is 0.583. The minimum absolute atomic E-state index is 0.0247. The second kappa shape index (κ2) is 7.01. The number of rotatable bonds is 5. The predicted octanol–water partition coefficient (Wildman–Crippen LogP) is -2.51. The molecular weight excluding hydrogens is 264 g/mol. The number of ether oxygens (including phenoxy) is 1. The van der Waals surface area contributed by atoms with Crippen LogP contribution in [0.3, 0.4) is 0 Å². The van der Waals surface area contributed by atoms with E-state index in [9.17, 15) is 14.7 Å². The lowest BCUT2D eigenvalue weighted by Gasteiger charge is -2.23. The molecule has 4 N–H and O–H groups in total. The highest BCUT2D eigenvalue weighted by Crippen LogP contribution is 2.00. The minimum Gasteiger partial charge on any atom is -0.494 e. The molecule has 0 saturated carbocycles. The maximum atomic E-state index is 11.4. The minimum atomic E-state index is -0.736. The number of hydrogen-bond donors (Lipinski definition) is 4. The number of quaternary nitrogens is 1. The molecule has 2 rings (SSSR count). The highest BCUT2D eigenvalue weighted by atomic mass is 16.5. The zero-order valence-electron chi connectivity index (χ0n) is 11.1. The Balaban J connectivity index is 1.81. The largest absolute Gasteiger partial charge is 0.494 e. The zero-order chi connectivity index (χ0) is 14.4. The van der Waals surface area contributed by atoms with Crippen LogP contribution in [0.1, 0.15) is 12.0 Å². The Hall–Kier alpha value is -1.93. The molecule has 0 bridgehead atoms. The second-order valence-corrected chi connectivity index (χ2v) is 4.67. The Kier molecular flexibility index (Phi) is 5.08. The Morgan fingerprint density at radius 3 is 2.75 bits per heavy atom.